The summed E-state index contributed by atoms with van der Waals surface area (Å²) in [5, 5.41) is 0. The summed E-state index contributed by atoms with van der Waals surface area (Å²) < 4.78 is 10.8. The molecule has 4 nitrogen and oxygen atoms in total. The van der Waals surface area contributed by atoms with Crippen molar-refractivity contribution in [1.29, 1.82) is 0 Å². The van der Waals surface area contributed by atoms with Crippen molar-refractivity contribution in [2.75, 3.05) is 26.9 Å². The van der Waals surface area contributed by atoms with E-state index in [0.29, 0.717) is 19.8 Å². The van der Waals surface area contributed by atoms with Crippen molar-refractivity contribution in [1.82, 2.24) is 4.90 Å². The second kappa shape index (κ2) is 13.5. The Hall–Kier alpha value is -4.17. The Morgan fingerprint density at radius 2 is 1.29 bits per heavy atom. The maximum absolute atomic E-state index is 12.1. The Morgan fingerprint density at radius 1 is 0.780 bits per heavy atom. The Kier molecular flexibility index (Phi) is 9.31. The zero-order valence-corrected chi connectivity index (χ0v) is 23.8. The molecule has 0 heterocycles. The van der Waals surface area contributed by atoms with Gasteiger partial charge in [0, 0.05) is 19.1 Å². The first-order chi connectivity index (χ1) is 20.2. The van der Waals surface area contributed by atoms with Crippen LogP contribution in [-0.2, 0) is 19.8 Å². The van der Waals surface area contributed by atoms with Crippen LogP contribution in [0.1, 0.15) is 59.5 Å². The number of nitrogens with zero attached hydrogens (tertiary/aromatic N) is 1. The van der Waals surface area contributed by atoms with Crippen molar-refractivity contribution >= 4 is 5.97 Å². The molecule has 0 aromatic heterocycles. The molecule has 2 atom stereocenters. The van der Waals surface area contributed by atoms with Gasteiger partial charge in [-0.15, -0.1) is 0 Å². The van der Waals surface area contributed by atoms with Gasteiger partial charge in [0.1, 0.15) is 6.42 Å². The fraction of sp³-hybridized carbons (Fsp3) is 0.270. The van der Waals surface area contributed by atoms with Crippen molar-refractivity contribution in [2.24, 2.45) is 0 Å². The summed E-state index contributed by atoms with van der Waals surface area (Å²) in [5.74, 6) is 6.49. The molecule has 4 aromatic carbocycles. The van der Waals surface area contributed by atoms with Crippen LogP contribution in [-0.4, -0.2) is 37.7 Å². The third-order valence-electron chi connectivity index (χ3n) is 7.96. The van der Waals surface area contributed by atoms with E-state index >= 15 is 0 Å². The van der Waals surface area contributed by atoms with Gasteiger partial charge in [0.15, 0.2) is 0 Å². The molecule has 5 rings (SSSR count). The van der Waals surface area contributed by atoms with Crippen LogP contribution in [0.3, 0.4) is 0 Å². The zero-order valence-electron chi connectivity index (χ0n) is 23.8. The van der Waals surface area contributed by atoms with Crippen LogP contribution in [0.5, 0.6) is 0 Å². The Labute approximate surface area is 243 Å². The van der Waals surface area contributed by atoms with Gasteiger partial charge in [-0.05, 0) is 41.2 Å². The predicted octanol–water partition coefficient (Wildman–Crippen LogP) is 7.11. The summed E-state index contributed by atoms with van der Waals surface area (Å²) >= 11 is 0. The molecular formula is C37H37NO3. The van der Waals surface area contributed by atoms with Crippen molar-refractivity contribution in [2.45, 2.75) is 37.3 Å². The molecule has 0 saturated heterocycles. The molecule has 0 N–H and O–H groups in total. The first-order valence-corrected chi connectivity index (χ1v) is 14.3. The van der Waals surface area contributed by atoms with Gasteiger partial charge < -0.3 is 9.47 Å². The SMILES string of the molecule is CCOC(=O)CC#CCN(C1CC(COC)c2ccccc21)C(c1ccccc1)(c1ccccc1)c1ccccc1. The predicted molar refractivity (Wildman–Crippen MR) is 163 cm³/mol. The fourth-order valence-corrected chi connectivity index (χ4v) is 6.35. The molecule has 4 aromatic rings. The molecule has 4 heteroatoms. The highest BCUT2D eigenvalue weighted by Gasteiger charge is 2.47. The van der Waals surface area contributed by atoms with E-state index in [4.69, 9.17) is 9.47 Å². The van der Waals surface area contributed by atoms with Crippen LogP contribution in [0, 0.1) is 11.8 Å². The highest BCUT2D eigenvalue weighted by atomic mass is 16.5. The van der Waals surface area contributed by atoms with Gasteiger partial charge in [-0.25, -0.2) is 0 Å². The topological polar surface area (TPSA) is 38.8 Å². The van der Waals surface area contributed by atoms with E-state index in [0.717, 1.165) is 23.1 Å². The van der Waals surface area contributed by atoms with Crippen LogP contribution in [0.4, 0.5) is 0 Å². The van der Waals surface area contributed by atoms with Crippen LogP contribution in [0.25, 0.3) is 0 Å². The van der Waals surface area contributed by atoms with Crippen LogP contribution >= 0.6 is 0 Å². The number of fused-ring (bicyclic) bond motifs is 1. The third-order valence-corrected chi connectivity index (χ3v) is 7.96. The molecule has 2 unspecified atom stereocenters. The molecule has 0 fully saturated rings. The van der Waals surface area contributed by atoms with E-state index < -0.39 is 5.54 Å². The molecule has 0 amide bonds. The van der Waals surface area contributed by atoms with Crippen LogP contribution < -0.4 is 0 Å². The minimum Gasteiger partial charge on any atom is -0.465 e. The molecule has 0 aliphatic heterocycles. The van der Waals surface area contributed by atoms with E-state index in [-0.39, 0.29) is 24.3 Å². The lowest BCUT2D eigenvalue weighted by Gasteiger charge is -2.48. The van der Waals surface area contributed by atoms with E-state index in [1.165, 1.54) is 11.1 Å². The van der Waals surface area contributed by atoms with Gasteiger partial charge in [0.2, 0.25) is 0 Å². The van der Waals surface area contributed by atoms with E-state index in [9.17, 15) is 4.79 Å². The second-order valence-corrected chi connectivity index (χ2v) is 10.3. The van der Waals surface area contributed by atoms with Gasteiger partial charge in [-0.1, -0.05) is 127 Å². The standard InChI is InChI=1S/C37H37NO3/c1-3-41-36(39)25-15-16-26-38(35-27-29(28-40-2)33-23-13-14-24-34(33)35)37(30-17-7-4-8-18-30,31-19-9-5-10-20-31)32-21-11-6-12-22-32/h4-14,17-24,29,35H,3,25-28H2,1-2H3. The van der Waals surface area contributed by atoms with Gasteiger partial charge in [-0.2, -0.15) is 0 Å². The number of carbonyl (C=O) groups is 1. The molecule has 1 aliphatic carbocycles. The number of esters is 1. The van der Waals surface area contributed by atoms with Gasteiger partial charge >= 0.3 is 5.97 Å². The Morgan fingerprint density at radius 3 is 1.80 bits per heavy atom. The lowest BCUT2D eigenvalue weighted by Crippen LogP contribution is -2.49. The molecular weight excluding hydrogens is 506 g/mol. The molecule has 208 valence electrons. The first-order valence-electron chi connectivity index (χ1n) is 14.3. The maximum atomic E-state index is 12.1. The Bertz CT molecular complexity index is 1380. The zero-order chi connectivity index (χ0) is 28.5. The van der Waals surface area contributed by atoms with E-state index in [2.05, 4.69) is 132 Å². The minimum absolute atomic E-state index is 0.0591. The largest absolute Gasteiger partial charge is 0.465 e. The summed E-state index contributed by atoms with van der Waals surface area (Å²) in [7, 11) is 1.77. The summed E-state index contributed by atoms with van der Waals surface area (Å²) in [4.78, 5) is 14.7. The van der Waals surface area contributed by atoms with Crippen LogP contribution in [0.2, 0.25) is 0 Å². The highest BCUT2D eigenvalue weighted by Crippen LogP contribution is 2.52. The maximum Gasteiger partial charge on any atom is 0.317 e. The third kappa shape index (κ3) is 5.84. The number of rotatable bonds is 10. The van der Waals surface area contributed by atoms with E-state index in [1.807, 2.05) is 6.92 Å². The summed E-state index contributed by atoms with van der Waals surface area (Å²) in [5.41, 5.74) is 5.47. The van der Waals surface area contributed by atoms with E-state index in [1.54, 1.807) is 7.11 Å². The average Bonchev–Trinajstić information content (AvgIpc) is 3.38. The summed E-state index contributed by atoms with van der Waals surface area (Å²) in [6.07, 6.45) is 0.977. The lowest BCUT2D eigenvalue weighted by molar-refractivity contribution is -0.141. The summed E-state index contributed by atoms with van der Waals surface area (Å²) in [6, 6.07) is 40.9. The molecule has 1 aliphatic rings. The van der Waals surface area contributed by atoms with Crippen molar-refractivity contribution in [3.63, 3.8) is 0 Å². The van der Waals surface area contributed by atoms with Crippen molar-refractivity contribution in [3.8, 4) is 11.8 Å². The number of methoxy groups -OCH3 is 1. The smallest absolute Gasteiger partial charge is 0.317 e. The number of benzene rings is 4. The van der Waals surface area contributed by atoms with Gasteiger partial charge in [0.05, 0.1) is 25.3 Å². The minimum atomic E-state index is -0.651. The fourth-order valence-electron chi connectivity index (χ4n) is 6.35. The number of carbonyl (C=O) groups excluding carboxylic acids is 1. The number of hydrogen-bond acceptors (Lipinski definition) is 4. The average molecular weight is 544 g/mol. The molecule has 0 radical (unpaired) electrons. The second-order valence-electron chi connectivity index (χ2n) is 10.3. The van der Waals surface area contributed by atoms with Gasteiger partial charge in [0.25, 0.3) is 0 Å². The molecule has 0 spiro atoms. The monoisotopic (exact) mass is 543 g/mol. The van der Waals surface area contributed by atoms with Gasteiger partial charge in [-0.3, -0.25) is 9.69 Å². The summed E-state index contributed by atoms with van der Waals surface area (Å²) in [6.45, 7) is 3.28. The molecule has 0 saturated carbocycles. The highest BCUT2D eigenvalue weighted by molar-refractivity contribution is 5.72. The normalized spacial score (nSPS) is 16.1. The first kappa shape index (κ1) is 28.4. The van der Waals surface area contributed by atoms with Crippen molar-refractivity contribution < 1.29 is 14.3 Å². The Balaban J connectivity index is 1.75. The van der Waals surface area contributed by atoms with Crippen LogP contribution in [0.15, 0.2) is 115 Å². The molecule has 41 heavy (non-hydrogen) atoms. The number of ether oxygens (including phenoxy) is 2. The quantitative estimate of drug-likeness (QED) is 0.121. The lowest BCUT2D eigenvalue weighted by atomic mass is 9.74. The number of hydrogen-bond donors (Lipinski definition) is 0. The van der Waals surface area contributed by atoms with Crippen molar-refractivity contribution in [3.05, 3.63) is 143 Å². The molecule has 0 bridgehead atoms.